The highest BCUT2D eigenvalue weighted by molar-refractivity contribution is 6.31. The van der Waals surface area contributed by atoms with Gasteiger partial charge >= 0.3 is 0 Å². The monoisotopic (exact) mass is 404 g/mol. The van der Waals surface area contributed by atoms with E-state index in [-0.39, 0.29) is 12.5 Å². The number of rotatable bonds is 10. The molecular weight excluding hydrogens is 376 g/mol. The van der Waals surface area contributed by atoms with E-state index in [1.54, 1.807) is 13.2 Å². The van der Waals surface area contributed by atoms with Crippen LogP contribution in [0.4, 0.5) is 5.69 Å². The van der Waals surface area contributed by atoms with E-state index in [9.17, 15) is 4.79 Å². The summed E-state index contributed by atoms with van der Waals surface area (Å²) < 4.78 is 11.0. The van der Waals surface area contributed by atoms with Crippen molar-refractivity contribution in [2.24, 2.45) is 5.92 Å². The van der Waals surface area contributed by atoms with Gasteiger partial charge in [0.2, 0.25) is 0 Å². The van der Waals surface area contributed by atoms with Crippen LogP contribution in [0.5, 0.6) is 11.5 Å². The van der Waals surface area contributed by atoms with Gasteiger partial charge in [0, 0.05) is 23.3 Å². The molecule has 2 rings (SSSR count). The molecular formula is C22H29ClN2O3. The lowest BCUT2D eigenvalue weighted by atomic mass is 10.1. The van der Waals surface area contributed by atoms with Gasteiger partial charge < -0.3 is 20.1 Å². The first kappa shape index (κ1) is 22.1. The lowest BCUT2D eigenvalue weighted by Gasteiger charge is -2.14. The Morgan fingerprint density at radius 3 is 2.50 bits per heavy atom. The molecule has 152 valence electrons. The number of ether oxygens (including phenoxy) is 2. The first-order valence-electron chi connectivity index (χ1n) is 9.45. The van der Waals surface area contributed by atoms with E-state index in [4.69, 9.17) is 21.1 Å². The largest absolute Gasteiger partial charge is 0.493 e. The van der Waals surface area contributed by atoms with E-state index in [1.807, 2.05) is 37.3 Å². The Balaban J connectivity index is 1.94. The Morgan fingerprint density at radius 2 is 1.86 bits per heavy atom. The predicted octanol–water partition coefficient (Wildman–Crippen LogP) is 4.81. The number of methoxy groups -OCH3 is 1. The second-order valence-electron chi connectivity index (χ2n) is 7.16. The van der Waals surface area contributed by atoms with Crippen LogP contribution in [0.2, 0.25) is 5.02 Å². The molecule has 0 aliphatic heterocycles. The predicted molar refractivity (Wildman–Crippen MR) is 114 cm³/mol. The average molecular weight is 405 g/mol. The number of nitrogens with one attached hydrogen (secondary N) is 2. The number of halogens is 1. The minimum absolute atomic E-state index is 0.132. The molecule has 0 aromatic heterocycles. The molecule has 0 saturated heterocycles. The number of anilines is 1. The molecule has 1 amide bonds. The van der Waals surface area contributed by atoms with Crippen molar-refractivity contribution in [3.63, 3.8) is 0 Å². The van der Waals surface area contributed by atoms with Gasteiger partial charge in [-0.1, -0.05) is 43.1 Å². The zero-order valence-electron chi connectivity index (χ0n) is 17.0. The van der Waals surface area contributed by atoms with Gasteiger partial charge in [-0.2, -0.15) is 0 Å². The maximum absolute atomic E-state index is 12.1. The van der Waals surface area contributed by atoms with Crippen LogP contribution in [0.25, 0.3) is 0 Å². The molecule has 0 radical (unpaired) electrons. The second kappa shape index (κ2) is 10.9. The van der Waals surface area contributed by atoms with Gasteiger partial charge in [0.05, 0.1) is 7.11 Å². The summed E-state index contributed by atoms with van der Waals surface area (Å²) in [5, 5.41) is 6.76. The third-order valence-corrected chi connectivity index (χ3v) is 4.59. The molecule has 28 heavy (non-hydrogen) atoms. The molecule has 2 aromatic rings. The van der Waals surface area contributed by atoms with E-state index < -0.39 is 0 Å². The summed E-state index contributed by atoms with van der Waals surface area (Å²) >= 11 is 6.38. The molecule has 0 fully saturated rings. The zero-order chi connectivity index (χ0) is 20.5. The molecule has 5 nitrogen and oxygen atoms in total. The molecule has 0 unspecified atom stereocenters. The third kappa shape index (κ3) is 7.06. The molecule has 0 spiro atoms. The van der Waals surface area contributed by atoms with Gasteiger partial charge in [0.1, 0.15) is 0 Å². The number of hydrogen-bond acceptors (Lipinski definition) is 4. The fraction of sp³-hybridized carbons (Fsp3) is 0.409. The maximum atomic E-state index is 12.1. The summed E-state index contributed by atoms with van der Waals surface area (Å²) in [4.78, 5) is 12.1. The Labute approximate surface area is 172 Å². The van der Waals surface area contributed by atoms with Crippen LogP contribution in [-0.2, 0) is 11.3 Å². The molecule has 0 aliphatic rings. The van der Waals surface area contributed by atoms with Crippen LogP contribution < -0.4 is 20.1 Å². The van der Waals surface area contributed by atoms with E-state index in [0.717, 1.165) is 29.8 Å². The van der Waals surface area contributed by atoms with Crippen molar-refractivity contribution in [1.82, 2.24) is 5.32 Å². The van der Waals surface area contributed by atoms with Crippen LogP contribution >= 0.6 is 11.6 Å². The van der Waals surface area contributed by atoms with Crippen LogP contribution in [0.1, 0.15) is 31.4 Å². The topological polar surface area (TPSA) is 59.6 Å². The summed E-state index contributed by atoms with van der Waals surface area (Å²) in [6.07, 6.45) is 1.10. The normalized spacial score (nSPS) is 10.8. The lowest BCUT2D eigenvalue weighted by Crippen LogP contribution is -2.20. The molecule has 6 heteroatoms. The van der Waals surface area contributed by atoms with Crippen LogP contribution in [0.15, 0.2) is 36.4 Å². The molecule has 0 heterocycles. The van der Waals surface area contributed by atoms with Crippen molar-refractivity contribution in [3.05, 3.63) is 52.5 Å². The van der Waals surface area contributed by atoms with Gasteiger partial charge in [-0.15, -0.1) is 0 Å². The minimum Gasteiger partial charge on any atom is -0.493 e. The maximum Gasteiger partial charge on any atom is 0.262 e. The number of aryl methyl sites for hydroxylation is 1. The van der Waals surface area contributed by atoms with E-state index in [2.05, 4.69) is 24.5 Å². The standard InChI is InChI=1S/C22H29ClN2O3/c1-15(2)9-10-24-13-17-11-20(27-4)21(12-19(17)23)28-14-22(26)25-18-7-5-16(3)6-8-18/h5-8,11-12,15,24H,9-10,13-14H2,1-4H3,(H,25,26). The number of amides is 1. The van der Waals surface area contributed by atoms with Crippen molar-refractivity contribution in [3.8, 4) is 11.5 Å². The zero-order valence-corrected chi connectivity index (χ0v) is 17.7. The molecule has 0 saturated carbocycles. The van der Waals surface area contributed by atoms with Gasteiger partial charge in [-0.25, -0.2) is 0 Å². The van der Waals surface area contributed by atoms with Crippen molar-refractivity contribution >= 4 is 23.2 Å². The molecule has 0 atom stereocenters. The lowest BCUT2D eigenvalue weighted by molar-refractivity contribution is -0.118. The summed E-state index contributed by atoms with van der Waals surface area (Å²) in [5.41, 5.74) is 2.79. The Kier molecular flexibility index (Phi) is 8.61. The van der Waals surface area contributed by atoms with Gasteiger partial charge in [0.15, 0.2) is 18.1 Å². The van der Waals surface area contributed by atoms with E-state index in [0.29, 0.717) is 29.0 Å². The highest BCUT2D eigenvalue weighted by Gasteiger charge is 2.12. The average Bonchev–Trinajstić information content (AvgIpc) is 2.66. The molecule has 2 N–H and O–H groups in total. The second-order valence-corrected chi connectivity index (χ2v) is 7.56. The summed E-state index contributed by atoms with van der Waals surface area (Å²) in [5.74, 6) is 1.39. The Morgan fingerprint density at radius 1 is 1.14 bits per heavy atom. The molecule has 0 bridgehead atoms. The molecule has 2 aromatic carbocycles. The van der Waals surface area contributed by atoms with Gasteiger partial charge in [-0.3, -0.25) is 4.79 Å². The summed E-state index contributed by atoms with van der Waals surface area (Å²) in [7, 11) is 1.57. The fourth-order valence-electron chi connectivity index (χ4n) is 2.58. The molecule has 0 aliphatic carbocycles. The quantitative estimate of drug-likeness (QED) is 0.558. The fourth-order valence-corrected chi connectivity index (χ4v) is 2.80. The number of carbonyl (C=O) groups is 1. The van der Waals surface area contributed by atoms with Gasteiger partial charge in [-0.05, 0) is 49.6 Å². The van der Waals surface area contributed by atoms with Crippen LogP contribution in [-0.4, -0.2) is 26.2 Å². The van der Waals surface area contributed by atoms with E-state index >= 15 is 0 Å². The Hall–Kier alpha value is -2.24. The third-order valence-electron chi connectivity index (χ3n) is 4.24. The van der Waals surface area contributed by atoms with Crippen molar-refractivity contribution in [2.75, 3.05) is 25.6 Å². The number of benzene rings is 2. The van der Waals surface area contributed by atoms with Crippen molar-refractivity contribution in [1.29, 1.82) is 0 Å². The van der Waals surface area contributed by atoms with Crippen molar-refractivity contribution < 1.29 is 14.3 Å². The highest BCUT2D eigenvalue weighted by Crippen LogP contribution is 2.33. The first-order valence-corrected chi connectivity index (χ1v) is 9.83. The van der Waals surface area contributed by atoms with Gasteiger partial charge in [0.25, 0.3) is 5.91 Å². The Bertz CT molecular complexity index is 776. The summed E-state index contributed by atoms with van der Waals surface area (Å²) in [6.45, 7) is 7.82. The number of hydrogen-bond donors (Lipinski definition) is 2. The van der Waals surface area contributed by atoms with Crippen molar-refractivity contribution in [2.45, 2.75) is 33.7 Å². The van der Waals surface area contributed by atoms with Crippen LogP contribution in [0, 0.1) is 12.8 Å². The first-order chi connectivity index (χ1) is 13.4. The summed E-state index contributed by atoms with van der Waals surface area (Å²) in [6, 6.07) is 11.1. The smallest absolute Gasteiger partial charge is 0.262 e. The van der Waals surface area contributed by atoms with E-state index in [1.165, 1.54) is 0 Å². The SMILES string of the molecule is COc1cc(CNCCC(C)C)c(Cl)cc1OCC(=O)Nc1ccc(C)cc1. The van der Waals surface area contributed by atoms with Crippen LogP contribution in [0.3, 0.4) is 0 Å². The minimum atomic E-state index is -0.249. The highest BCUT2D eigenvalue weighted by atomic mass is 35.5. The number of carbonyl (C=O) groups excluding carboxylic acids is 1.